The van der Waals surface area contributed by atoms with Crippen LogP contribution >= 0.6 is 11.3 Å². The van der Waals surface area contributed by atoms with Gasteiger partial charge in [0, 0.05) is 10.9 Å². The van der Waals surface area contributed by atoms with Crippen molar-refractivity contribution in [2.24, 2.45) is 5.73 Å². The fourth-order valence-electron chi connectivity index (χ4n) is 1.77. The molecule has 0 amide bonds. The number of hydrogen-bond donors (Lipinski definition) is 3. The molecule has 1 aromatic carbocycles. The van der Waals surface area contributed by atoms with Crippen LogP contribution in [0.1, 0.15) is 22.9 Å². The number of nitrogens with two attached hydrogens (primary N) is 1. The summed E-state index contributed by atoms with van der Waals surface area (Å²) in [5, 5.41) is 20.9. The molecule has 0 aliphatic heterocycles. The third-order valence-electron chi connectivity index (χ3n) is 2.84. The van der Waals surface area contributed by atoms with E-state index in [2.05, 4.69) is 4.98 Å². The van der Waals surface area contributed by atoms with Crippen LogP contribution in [0.25, 0.3) is 10.6 Å². The van der Waals surface area contributed by atoms with Crippen molar-refractivity contribution in [1.82, 2.24) is 4.98 Å². The van der Waals surface area contributed by atoms with Crippen molar-refractivity contribution in [3.63, 3.8) is 0 Å². The van der Waals surface area contributed by atoms with Crippen molar-refractivity contribution in [2.75, 3.05) is 0 Å². The Morgan fingerprint density at radius 1 is 1.37 bits per heavy atom. The molecule has 100 valence electrons. The Morgan fingerprint density at radius 2 is 1.95 bits per heavy atom. The molecular formula is C13H14N2O3S. The van der Waals surface area contributed by atoms with Gasteiger partial charge in [-0.2, -0.15) is 0 Å². The third kappa shape index (κ3) is 2.59. The van der Waals surface area contributed by atoms with Crippen molar-refractivity contribution in [2.45, 2.75) is 19.9 Å². The van der Waals surface area contributed by atoms with Gasteiger partial charge in [-0.15, -0.1) is 11.3 Å². The summed E-state index contributed by atoms with van der Waals surface area (Å²) >= 11 is 1.34. The minimum Gasteiger partial charge on any atom is -0.507 e. The zero-order valence-corrected chi connectivity index (χ0v) is 11.4. The Labute approximate surface area is 114 Å². The van der Waals surface area contributed by atoms with E-state index in [-0.39, 0.29) is 5.75 Å². The van der Waals surface area contributed by atoms with E-state index >= 15 is 0 Å². The highest BCUT2D eigenvalue weighted by Gasteiger charge is 2.18. The van der Waals surface area contributed by atoms with Crippen molar-refractivity contribution < 1.29 is 15.0 Å². The minimum absolute atomic E-state index is 0.266. The highest BCUT2D eigenvalue weighted by Crippen LogP contribution is 2.31. The van der Waals surface area contributed by atoms with Gasteiger partial charge >= 0.3 is 5.97 Å². The maximum Gasteiger partial charge on any atom is 0.326 e. The number of hydrogen-bond acceptors (Lipinski definition) is 5. The number of aromatic nitrogens is 1. The molecule has 1 unspecified atom stereocenters. The van der Waals surface area contributed by atoms with Crippen LogP contribution < -0.4 is 5.73 Å². The van der Waals surface area contributed by atoms with E-state index in [0.717, 1.165) is 16.7 Å². The SMILES string of the molecule is Cc1cc(-c2nc(C(N)C(=O)O)cs2)cc(C)c1O. The van der Waals surface area contributed by atoms with E-state index in [4.69, 9.17) is 10.8 Å². The third-order valence-corrected chi connectivity index (χ3v) is 3.75. The lowest BCUT2D eigenvalue weighted by atomic mass is 10.1. The first kappa shape index (κ1) is 13.5. The fraction of sp³-hybridized carbons (Fsp3) is 0.231. The Hall–Kier alpha value is -1.92. The zero-order chi connectivity index (χ0) is 14.2. The van der Waals surface area contributed by atoms with Gasteiger partial charge in [-0.05, 0) is 37.1 Å². The van der Waals surface area contributed by atoms with E-state index in [1.165, 1.54) is 11.3 Å². The quantitative estimate of drug-likeness (QED) is 0.800. The van der Waals surface area contributed by atoms with Gasteiger partial charge in [0.1, 0.15) is 16.8 Å². The molecule has 0 saturated carbocycles. The molecule has 1 atom stereocenters. The molecule has 19 heavy (non-hydrogen) atoms. The monoisotopic (exact) mass is 278 g/mol. The van der Waals surface area contributed by atoms with Crippen molar-refractivity contribution >= 4 is 17.3 Å². The minimum atomic E-state index is -1.11. The normalized spacial score (nSPS) is 12.4. The van der Waals surface area contributed by atoms with Crippen molar-refractivity contribution in [3.8, 4) is 16.3 Å². The molecule has 1 aromatic heterocycles. The largest absolute Gasteiger partial charge is 0.507 e. The highest BCUT2D eigenvalue weighted by atomic mass is 32.1. The number of phenols is 1. The highest BCUT2D eigenvalue weighted by molar-refractivity contribution is 7.13. The Morgan fingerprint density at radius 3 is 2.47 bits per heavy atom. The molecule has 0 saturated heterocycles. The average molecular weight is 278 g/mol. The molecule has 0 aliphatic rings. The molecule has 0 aliphatic carbocycles. The van der Waals surface area contributed by atoms with Crippen LogP contribution in [0.15, 0.2) is 17.5 Å². The Kier molecular flexibility index (Phi) is 3.55. The first-order chi connectivity index (χ1) is 8.90. The maximum atomic E-state index is 10.8. The maximum absolute atomic E-state index is 10.8. The molecule has 2 rings (SSSR count). The van der Waals surface area contributed by atoms with Crippen LogP contribution in [0.3, 0.4) is 0 Å². The summed E-state index contributed by atoms with van der Waals surface area (Å²) in [6, 6.07) is 2.53. The van der Waals surface area contributed by atoms with Crippen LogP contribution in [0.2, 0.25) is 0 Å². The van der Waals surface area contributed by atoms with Crippen LogP contribution in [0, 0.1) is 13.8 Å². The predicted octanol–water partition coefficient (Wildman–Crippen LogP) is 2.22. The molecule has 4 N–H and O–H groups in total. The van der Waals surface area contributed by atoms with E-state index in [9.17, 15) is 9.90 Å². The summed E-state index contributed by atoms with van der Waals surface area (Å²) < 4.78 is 0. The number of aromatic hydroxyl groups is 1. The topological polar surface area (TPSA) is 96.4 Å². The summed E-state index contributed by atoms with van der Waals surface area (Å²) in [6.45, 7) is 3.62. The molecule has 2 aromatic rings. The van der Waals surface area contributed by atoms with Gasteiger partial charge < -0.3 is 15.9 Å². The first-order valence-corrected chi connectivity index (χ1v) is 6.52. The second kappa shape index (κ2) is 4.99. The van der Waals surface area contributed by atoms with Crippen LogP contribution in [-0.4, -0.2) is 21.2 Å². The molecule has 0 bridgehead atoms. The molecule has 0 radical (unpaired) electrons. The van der Waals surface area contributed by atoms with Gasteiger partial charge in [-0.3, -0.25) is 4.79 Å². The van der Waals surface area contributed by atoms with Gasteiger partial charge in [0.05, 0.1) is 5.69 Å². The second-order valence-electron chi connectivity index (χ2n) is 4.35. The van der Waals surface area contributed by atoms with Gasteiger partial charge in [0.15, 0.2) is 0 Å². The average Bonchev–Trinajstić information content (AvgIpc) is 2.83. The van der Waals surface area contributed by atoms with Gasteiger partial charge in [0.25, 0.3) is 0 Å². The molecule has 0 fully saturated rings. The molecular weight excluding hydrogens is 264 g/mol. The number of carbonyl (C=O) groups is 1. The Bertz CT molecular complexity index is 614. The van der Waals surface area contributed by atoms with E-state index < -0.39 is 12.0 Å². The summed E-state index contributed by atoms with van der Waals surface area (Å²) in [7, 11) is 0. The zero-order valence-electron chi connectivity index (χ0n) is 10.5. The van der Waals surface area contributed by atoms with Crippen LogP contribution in [0.4, 0.5) is 0 Å². The van der Waals surface area contributed by atoms with Crippen LogP contribution in [-0.2, 0) is 4.79 Å². The summed E-state index contributed by atoms with van der Waals surface area (Å²) in [5.41, 5.74) is 8.23. The van der Waals surface area contributed by atoms with Crippen LogP contribution in [0.5, 0.6) is 5.75 Å². The summed E-state index contributed by atoms with van der Waals surface area (Å²) in [5.74, 6) is -0.835. The number of nitrogens with zero attached hydrogens (tertiary/aromatic N) is 1. The summed E-state index contributed by atoms with van der Waals surface area (Å²) in [4.78, 5) is 15.0. The summed E-state index contributed by atoms with van der Waals surface area (Å²) in [6.07, 6.45) is 0. The Balaban J connectivity index is 2.41. The van der Waals surface area contributed by atoms with Crippen molar-refractivity contribution in [3.05, 3.63) is 34.3 Å². The van der Waals surface area contributed by atoms with E-state index in [1.54, 1.807) is 5.38 Å². The lowest BCUT2D eigenvalue weighted by molar-refractivity contribution is -0.138. The predicted molar refractivity (Wildman–Crippen MR) is 73.3 cm³/mol. The number of carboxylic acids is 1. The molecule has 6 heteroatoms. The number of carboxylic acid groups (broad SMARTS) is 1. The number of thiazole rings is 1. The lowest BCUT2D eigenvalue weighted by Crippen LogP contribution is -2.20. The number of aliphatic carboxylic acids is 1. The van der Waals surface area contributed by atoms with Gasteiger partial charge in [-0.25, -0.2) is 4.98 Å². The van der Waals surface area contributed by atoms with Gasteiger partial charge in [-0.1, -0.05) is 0 Å². The molecule has 5 nitrogen and oxygen atoms in total. The second-order valence-corrected chi connectivity index (χ2v) is 5.21. The number of phenolic OH excluding ortho intramolecular Hbond substituents is 1. The number of rotatable bonds is 3. The standard InChI is InChI=1S/C13H14N2O3S/c1-6-3-8(4-7(2)11(6)16)12-15-9(5-19-12)10(14)13(17)18/h3-5,10,16H,14H2,1-2H3,(H,17,18). The van der Waals surface area contributed by atoms with Gasteiger partial charge in [0.2, 0.25) is 0 Å². The van der Waals surface area contributed by atoms with E-state index in [0.29, 0.717) is 10.7 Å². The smallest absolute Gasteiger partial charge is 0.326 e. The number of benzene rings is 1. The molecule has 0 spiro atoms. The lowest BCUT2D eigenvalue weighted by Gasteiger charge is -2.06. The number of aryl methyl sites for hydroxylation is 2. The fourth-order valence-corrected chi connectivity index (χ4v) is 2.61. The van der Waals surface area contributed by atoms with Crippen molar-refractivity contribution in [1.29, 1.82) is 0 Å². The first-order valence-electron chi connectivity index (χ1n) is 5.64. The van der Waals surface area contributed by atoms with E-state index in [1.807, 2.05) is 26.0 Å². The molecule has 1 heterocycles.